The highest BCUT2D eigenvalue weighted by atomic mass is 32.2. The van der Waals surface area contributed by atoms with Gasteiger partial charge in [-0.15, -0.1) is 0 Å². The predicted octanol–water partition coefficient (Wildman–Crippen LogP) is -0.0601. The average molecular weight is 140 g/mol. The van der Waals surface area contributed by atoms with Gasteiger partial charge >= 0.3 is 0 Å². The summed E-state index contributed by atoms with van der Waals surface area (Å²) < 4.78 is 24.8. The van der Waals surface area contributed by atoms with E-state index < -0.39 is 10.1 Å². The van der Waals surface area contributed by atoms with Gasteiger partial charge in [0.2, 0.25) is 0 Å². The van der Waals surface area contributed by atoms with Gasteiger partial charge in [-0.1, -0.05) is 0 Å². The van der Waals surface area contributed by atoms with E-state index >= 15 is 0 Å². The summed E-state index contributed by atoms with van der Waals surface area (Å²) in [6.45, 7) is 0. The maximum atomic E-state index is 10.2. The molecule has 1 aliphatic heterocycles. The van der Waals surface area contributed by atoms with Crippen molar-refractivity contribution in [3.8, 4) is 0 Å². The molecule has 1 saturated heterocycles. The summed E-state index contributed by atoms with van der Waals surface area (Å²) in [5, 5.41) is 0. The first kappa shape index (κ1) is 5.48. The average Bonchev–Trinajstić information content (AvgIpc) is 1.84. The van der Waals surface area contributed by atoms with Crippen molar-refractivity contribution in [3.05, 3.63) is 0 Å². The number of hydrogen-bond acceptors (Lipinski definition) is 3. The lowest BCUT2D eigenvalue weighted by Gasteiger charge is -1.83. The molecular formula is C2H5O3PS. The molecule has 1 aliphatic rings. The quantitative estimate of drug-likeness (QED) is 0.443. The van der Waals surface area contributed by atoms with Gasteiger partial charge in [0, 0.05) is 15.0 Å². The minimum Gasteiger partial charge on any atom is -0.251 e. The van der Waals surface area contributed by atoms with Gasteiger partial charge in [0.05, 0.1) is 5.75 Å². The van der Waals surface area contributed by atoms with Gasteiger partial charge in [0.15, 0.2) is 0 Å². The van der Waals surface area contributed by atoms with Gasteiger partial charge in [-0.2, -0.15) is 8.42 Å². The van der Waals surface area contributed by atoms with Crippen LogP contribution in [-0.2, 0) is 14.1 Å². The van der Waals surface area contributed by atoms with Crippen LogP contribution in [0.5, 0.6) is 0 Å². The Morgan fingerprint density at radius 3 is 2.43 bits per heavy atom. The number of hydrogen-bond donors (Lipinski definition) is 0. The normalized spacial score (nSPS) is 31.4. The summed E-state index contributed by atoms with van der Waals surface area (Å²) in [4.78, 5) is 0. The van der Waals surface area contributed by atoms with E-state index in [1.165, 1.54) is 0 Å². The first-order chi connectivity index (χ1) is 3.21. The van der Waals surface area contributed by atoms with Crippen molar-refractivity contribution in [2.24, 2.45) is 0 Å². The van der Waals surface area contributed by atoms with Crippen molar-refractivity contribution < 1.29 is 12.4 Å². The van der Waals surface area contributed by atoms with E-state index in [2.05, 4.69) is 3.97 Å². The molecule has 0 amide bonds. The Hall–Kier alpha value is 0.340. The lowest BCUT2D eigenvalue weighted by molar-refractivity contribution is 0.525. The summed E-state index contributed by atoms with van der Waals surface area (Å²) in [5.74, 6) is 0.214. The van der Waals surface area contributed by atoms with Crippen molar-refractivity contribution in [2.45, 2.75) is 0 Å². The molecule has 0 aromatic heterocycles. The van der Waals surface area contributed by atoms with Crippen LogP contribution in [0.1, 0.15) is 0 Å². The van der Waals surface area contributed by atoms with Crippen LogP contribution in [0.15, 0.2) is 0 Å². The Balaban J connectivity index is 2.76. The molecule has 1 heterocycles. The van der Waals surface area contributed by atoms with Crippen LogP contribution >= 0.6 is 8.81 Å². The van der Waals surface area contributed by atoms with E-state index in [-0.39, 0.29) is 14.6 Å². The zero-order valence-corrected chi connectivity index (χ0v) is 5.36. The molecule has 1 unspecified atom stereocenters. The van der Waals surface area contributed by atoms with Crippen molar-refractivity contribution in [1.29, 1.82) is 0 Å². The Bertz CT molecular complexity index is 136. The number of rotatable bonds is 0. The second-order valence-corrected chi connectivity index (χ2v) is 4.22. The molecule has 0 spiro atoms. The molecule has 0 aliphatic carbocycles. The molecule has 5 heteroatoms. The van der Waals surface area contributed by atoms with E-state index in [4.69, 9.17) is 0 Å². The zero-order valence-electron chi connectivity index (χ0n) is 3.55. The summed E-state index contributed by atoms with van der Waals surface area (Å²) >= 11 is 0. The van der Waals surface area contributed by atoms with Crippen molar-refractivity contribution in [2.75, 3.05) is 11.9 Å². The second-order valence-electron chi connectivity index (χ2n) is 1.24. The van der Waals surface area contributed by atoms with E-state index in [1.54, 1.807) is 0 Å². The molecule has 42 valence electrons. The van der Waals surface area contributed by atoms with Gasteiger partial charge < -0.3 is 0 Å². The molecule has 0 saturated carbocycles. The van der Waals surface area contributed by atoms with Crippen LogP contribution in [0.4, 0.5) is 0 Å². The van der Waals surface area contributed by atoms with Crippen LogP contribution in [0, 0.1) is 0 Å². The van der Waals surface area contributed by atoms with E-state index in [9.17, 15) is 8.42 Å². The molecule has 0 bridgehead atoms. The van der Waals surface area contributed by atoms with Crippen LogP contribution in [-0.4, -0.2) is 20.3 Å². The van der Waals surface area contributed by atoms with Crippen molar-refractivity contribution in [3.63, 3.8) is 0 Å². The Morgan fingerprint density at radius 1 is 1.57 bits per heavy atom. The predicted molar refractivity (Wildman–Crippen MR) is 28.1 cm³/mol. The summed E-state index contributed by atoms with van der Waals surface area (Å²) in [6, 6.07) is 0. The fourth-order valence-electron chi connectivity index (χ4n) is 0.340. The molecule has 0 radical (unpaired) electrons. The molecule has 7 heavy (non-hydrogen) atoms. The summed E-state index contributed by atoms with van der Waals surface area (Å²) in [5.41, 5.74) is 0. The highest BCUT2D eigenvalue weighted by Crippen LogP contribution is 2.24. The molecule has 1 atom stereocenters. The van der Waals surface area contributed by atoms with Gasteiger partial charge in [-0.05, 0) is 0 Å². The van der Waals surface area contributed by atoms with Crippen LogP contribution in [0.2, 0.25) is 0 Å². The first-order valence-corrected chi connectivity index (χ1v) is 4.54. The lowest BCUT2D eigenvalue weighted by atomic mass is 11.0. The Morgan fingerprint density at radius 2 is 2.29 bits per heavy atom. The standard InChI is InChI=1S/C2H5O3PS/c3-7(4)2-1-6-5-7/h6H,1-2H2. The third-order valence-corrected chi connectivity index (χ3v) is 3.65. The molecule has 1 rings (SSSR count). The maximum absolute atomic E-state index is 10.2. The monoisotopic (exact) mass is 140 g/mol. The molecule has 1 fully saturated rings. The smallest absolute Gasteiger partial charge is 0.251 e. The second kappa shape index (κ2) is 1.69. The molecule has 0 N–H and O–H groups in total. The van der Waals surface area contributed by atoms with Crippen LogP contribution < -0.4 is 0 Å². The highest BCUT2D eigenvalue weighted by Gasteiger charge is 2.17. The third-order valence-electron chi connectivity index (χ3n) is 0.640. The fourth-order valence-corrected chi connectivity index (χ4v) is 3.06. The fraction of sp³-hybridized carbons (Fsp3) is 1.00. The minimum atomic E-state index is -3.03. The highest BCUT2D eigenvalue weighted by molar-refractivity contribution is 7.91. The van der Waals surface area contributed by atoms with E-state index in [1.807, 2.05) is 0 Å². The Kier molecular flexibility index (Phi) is 1.32. The molecule has 0 aromatic rings. The summed E-state index contributed by atoms with van der Waals surface area (Å²) in [6.07, 6.45) is 0.683. The van der Waals surface area contributed by atoms with Gasteiger partial charge in [0.25, 0.3) is 10.1 Å². The lowest BCUT2D eigenvalue weighted by Crippen LogP contribution is -1.97. The molecule has 3 nitrogen and oxygen atoms in total. The van der Waals surface area contributed by atoms with Gasteiger partial charge in [0.1, 0.15) is 0 Å². The SMILES string of the molecule is O=S1(=O)CCPO1. The third kappa shape index (κ3) is 1.37. The Labute approximate surface area is 44.0 Å². The molecular weight excluding hydrogens is 135 g/mol. The minimum absolute atomic E-state index is 0.172. The van der Waals surface area contributed by atoms with E-state index in [0.717, 1.165) is 0 Å². The van der Waals surface area contributed by atoms with Gasteiger partial charge in [-0.3, -0.25) is 3.97 Å². The topological polar surface area (TPSA) is 43.4 Å². The maximum Gasteiger partial charge on any atom is 0.270 e. The molecule has 0 aromatic carbocycles. The zero-order chi connectivity index (χ0) is 5.33. The largest absolute Gasteiger partial charge is 0.270 e. The van der Waals surface area contributed by atoms with Crippen LogP contribution in [0.25, 0.3) is 0 Å². The van der Waals surface area contributed by atoms with Gasteiger partial charge in [-0.25, -0.2) is 0 Å². The van der Waals surface area contributed by atoms with Crippen LogP contribution in [0.3, 0.4) is 0 Å². The summed E-state index contributed by atoms with van der Waals surface area (Å²) in [7, 11) is -2.86. The van der Waals surface area contributed by atoms with E-state index in [0.29, 0.717) is 6.16 Å². The first-order valence-electron chi connectivity index (χ1n) is 1.85. The van der Waals surface area contributed by atoms with Crippen molar-refractivity contribution in [1.82, 2.24) is 0 Å². The van der Waals surface area contributed by atoms with Crippen molar-refractivity contribution >= 4 is 18.9 Å².